The van der Waals surface area contributed by atoms with Gasteiger partial charge in [0.25, 0.3) is 5.91 Å². The van der Waals surface area contributed by atoms with Crippen LogP contribution in [-0.2, 0) is 14.9 Å². The SMILES string of the molecule is COc1cc2nc([N+]3(CS(=O)(=O)O)CCN(C(=O)C4COc5ccccc5O4)CC3)nc(N)c2cc1OC. The van der Waals surface area contributed by atoms with E-state index < -0.39 is 22.1 Å². The van der Waals surface area contributed by atoms with Gasteiger partial charge in [0, 0.05) is 11.5 Å². The number of carbonyl (C=O) groups excluding carboxylic acids is 1. The number of nitrogens with zero attached hydrogens (tertiary/aromatic N) is 4. The van der Waals surface area contributed by atoms with Gasteiger partial charge in [-0.2, -0.15) is 18.4 Å². The van der Waals surface area contributed by atoms with E-state index in [4.69, 9.17) is 24.7 Å². The molecule has 1 amide bonds. The molecule has 0 spiro atoms. The van der Waals surface area contributed by atoms with Crippen LogP contribution in [0.2, 0.25) is 0 Å². The average molecular weight is 547 g/mol. The lowest BCUT2D eigenvalue weighted by Gasteiger charge is -2.42. The number of quaternary nitrogens is 1. The molecule has 2 aliphatic heterocycles. The molecule has 5 rings (SSSR count). The van der Waals surface area contributed by atoms with Crippen molar-refractivity contribution in [2.75, 3.05) is 58.6 Å². The predicted molar refractivity (Wildman–Crippen MR) is 138 cm³/mol. The van der Waals surface area contributed by atoms with Crippen LogP contribution in [0.4, 0.5) is 11.8 Å². The highest BCUT2D eigenvalue weighted by Gasteiger charge is 2.44. The molecule has 0 aliphatic carbocycles. The van der Waals surface area contributed by atoms with E-state index in [0.717, 1.165) is 0 Å². The van der Waals surface area contributed by atoms with Crippen LogP contribution >= 0.6 is 0 Å². The summed E-state index contributed by atoms with van der Waals surface area (Å²) in [6.45, 7) is 0.640. The lowest BCUT2D eigenvalue weighted by Crippen LogP contribution is -2.65. The van der Waals surface area contributed by atoms with Gasteiger partial charge in [0.1, 0.15) is 25.5 Å². The van der Waals surface area contributed by atoms with Crippen molar-refractivity contribution >= 4 is 38.7 Å². The summed E-state index contributed by atoms with van der Waals surface area (Å²) in [4.78, 5) is 23.8. The second-order valence-corrected chi connectivity index (χ2v) is 10.5. The Morgan fingerprint density at radius 3 is 2.45 bits per heavy atom. The van der Waals surface area contributed by atoms with Crippen molar-refractivity contribution in [3.05, 3.63) is 36.4 Å². The molecule has 3 N–H and O–H groups in total. The van der Waals surface area contributed by atoms with Gasteiger partial charge in [-0.3, -0.25) is 9.35 Å². The number of hydrogen-bond donors (Lipinski definition) is 2. The topological polar surface area (TPSA) is 163 Å². The molecule has 2 aromatic carbocycles. The zero-order valence-electron chi connectivity index (χ0n) is 20.9. The van der Waals surface area contributed by atoms with Crippen LogP contribution in [0.5, 0.6) is 23.0 Å². The number of ether oxygens (including phenoxy) is 4. The molecule has 1 aromatic heterocycles. The van der Waals surface area contributed by atoms with Crippen LogP contribution in [0, 0.1) is 0 Å². The molecular weight excluding hydrogens is 518 g/mol. The highest BCUT2D eigenvalue weighted by molar-refractivity contribution is 7.85. The maximum atomic E-state index is 13.2. The van der Waals surface area contributed by atoms with Gasteiger partial charge in [-0.05, 0) is 18.2 Å². The third-order valence-electron chi connectivity index (χ3n) is 6.74. The fraction of sp³-hybridized carbons (Fsp3) is 0.375. The second-order valence-electron chi connectivity index (χ2n) is 9.13. The Morgan fingerprint density at radius 2 is 1.79 bits per heavy atom. The van der Waals surface area contributed by atoms with Crippen LogP contribution < -0.4 is 29.2 Å². The van der Waals surface area contributed by atoms with E-state index in [2.05, 4.69) is 9.97 Å². The summed E-state index contributed by atoms with van der Waals surface area (Å²) >= 11 is 0. The van der Waals surface area contributed by atoms with E-state index in [9.17, 15) is 17.8 Å². The number of rotatable bonds is 6. The first-order valence-corrected chi connectivity index (χ1v) is 13.4. The largest absolute Gasteiger partial charge is 0.493 e. The van der Waals surface area contributed by atoms with Crippen molar-refractivity contribution in [2.45, 2.75) is 6.10 Å². The van der Waals surface area contributed by atoms with E-state index in [1.165, 1.54) is 14.2 Å². The highest BCUT2D eigenvalue weighted by atomic mass is 32.2. The number of methoxy groups -OCH3 is 2. The van der Waals surface area contributed by atoms with Crippen molar-refractivity contribution in [3.63, 3.8) is 0 Å². The Hall–Kier alpha value is -3.88. The Labute approximate surface area is 219 Å². The lowest BCUT2D eigenvalue weighted by atomic mass is 10.2. The summed E-state index contributed by atoms with van der Waals surface area (Å²) in [5.41, 5.74) is 6.67. The average Bonchev–Trinajstić information content (AvgIpc) is 2.91. The fourth-order valence-electron chi connectivity index (χ4n) is 4.79. The van der Waals surface area contributed by atoms with Crippen molar-refractivity contribution in [1.29, 1.82) is 0 Å². The molecular formula is C24H28N5O8S+. The number of anilines is 1. The summed E-state index contributed by atoms with van der Waals surface area (Å²) in [5, 5.41) is 0.500. The van der Waals surface area contributed by atoms with Gasteiger partial charge in [-0.15, -0.1) is 0 Å². The van der Waals surface area contributed by atoms with Gasteiger partial charge in [-0.1, -0.05) is 12.1 Å². The minimum atomic E-state index is -4.45. The maximum Gasteiger partial charge on any atom is 0.332 e. The van der Waals surface area contributed by atoms with E-state index >= 15 is 0 Å². The number of hydrogen-bond acceptors (Lipinski definition) is 10. The minimum Gasteiger partial charge on any atom is -0.493 e. The van der Waals surface area contributed by atoms with E-state index in [1.54, 1.807) is 35.2 Å². The first-order chi connectivity index (χ1) is 18.1. The van der Waals surface area contributed by atoms with Gasteiger partial charge in [-0.25, -0.2) is 4.48 Å². The Kier molecular flexibility index (Phi) is 6.63. The fourth-order valence-corrected chi connectivity index (χ4v) is 5.79. The molecule has 2 aliphatic rings. The summed E-state index contributed by atoms with van der Waals surface area (Å²) in [6, 6.07) is 10.4. The number of nitrogen functional groups attached to an aromatic ring is 1. The third kappa shape index (κ3) is 4.85. The van der Waals surface area contributed by atoms with Crippen LogP contribution in [-0.4, -0.2) is 92.7 Å². The molecule has 3 aromatic rings. The Morgan fingerprint density at radius 1 is 1.13 bits per heavy atom. The molecule has 0 radical (unpaired) electrons. The van der Waals surface area contributed by atoms with Crippen LogP contribution in [0.25, 0.3) is 10.9 Å². The zero-order valence-corrected chi connectivity index (χ0v) is 21.7. The molecule has 38 heavy (non-hydrogen) atoms. The van der Waals surface area contributed by atoms with Crippen molar-refractivity contribution in [2.24, 2.45) is 0 Å². The first-order valence-electron chi connectivity index (χ1n) is 11.8. The first kappa shape index (κ1) is 25.8. The monoisotopic (exact) mass is 546 g/mol. The quantitative estimate of drug-likeness (QED) is 0.336. The van der Waals surface area contributed by atoms with Gasteiger partial charge in [0.15, 0.2) is 23.0 Å². The number of carbonyl (C=O) groups is 1. The maximum absolute atomic E-state index is 13.2. The molecule has 1 fully saturated rings. The molecule has 14 heteroatoms. The molecule has 0 bridgehead atoms. The van der Waals surface area contributed by atoms with E-state index in [0.29, 0.717) is 33.9 Å². The van der Waals surface area contributed by atoms with E-state index in [-0.39, 0.29) is 54.9 Å². The summed E-state index contributed by atoms with van der Waals surface area (Å²) < 4.78 is 55.9. The summed E-state index contributed by atoms with van der Waals surface area (Å²) in [7, 11) is -1.48. The molecule has 1 atom stereocenters. The number of fused-ring (bicyclic) bond motifs is 2. The number of amides is 1. The summed E-state index contributed by atoms with van der Waals surface area (Å²) in [6.07, 6.45) is -0.832. The third-order valence-corrected chi connectivity index (χ3v) is 7.57. The van der Waals surface area contributed by atoms with Gasteiger partial charge in [0.05, 0.1) is 32.8 Å². The van der Waals surface area contributed by atoms with Crippen LogP contribution in [0.15, 0.2) is 36.4 Å². The molecule has 0 saturated carbocycles. The molecule has 3 heterocycles. The molecule has 202 valence electrons. The summed E-state index contributed by atoms with van der Waals surface area (Å²) in [5.74, 6) is 1.17. The highest BCUT2D eigenvalue weighted by Crippen LogP contribution is 2.36. The van der Waals surface area contributed by atoms with Gasteiger partial charge >= 0.3 is 16.1 Å². The van der Waals surface area contributed by atoms with Crippen LogP contribution in [0.3, 0.4) is 0 Å². The van der Waals surface area contributed by atoms with Crippen molar-refractivity contribution in [1.82, 2.24) is 19.4 Å². The van der Waals surface area contributed by atoms with Crippen molar-refractivity contribution in [3.8, 4) is 23.0 Å². The minimum absolute atomic E-state index is 0.0625. The molecule has 1 unspecified atom stereocenters. The second kappa shape index (κ2) is 9.78. The number of nitrogens with two attached hydrogens (primary N) is 1. The lowest BCUT2D eigenvalue weighted by molar-refractivity contribution is -0.142. The predicted octanol–water partition coefficient (Wildman–Crippen LogP) is 1.06. The van der Waals surface area contributed by atoms with Gasteiger partial charge in [0.2, 0.25) is 12.0 Å². The Balaban J connectivity index is 1.43. The Bertz CT molecular complexity index is 1490. The van der Waals surface area contributed by atoms with Gasteiger partial charge < -0.3 is 29.6 Å². The number of para-hydroxylation sites is 2. The number of benzene rings is 2. The van der Waals surface area contributed by atoms with E-state index in [1.807, 2.05) is 6.07 Å². The molecule has 13 nitrogen and oxygen atoms in total. The standard InChI is InChI=1S/C24H27N5O8S/c1-34-19-11-15-16(12-20(19)35-2)26-24(27-22(15)25)29(14-38(31,32)33)9-7-28(8-10-29)23(30)21-13-36-17-5-3-4-6-18(17)37-21/h3-6,11-12,21H,7-10,13-14H2,1-2H3,(H2-,25,26,27,31,32,33)/p+1. The number of aromatic nitrogens is 2. The zero-order chi connectivity index (χ0) is 27.1. The normalized spacial score (nSPS) is 18.7. The molecule has 1 saturated heterocycles. The van der Waals surface area contributed by atoms with Crippen LogP contribution in [0.1, 0.15) is 0 Å². The number of piperazine rings is 1. The smallest absolute Gasteiger partial charge is 0.332 e. The van der Waals surface area contributed by atoms with Crippen molar-refractivity contribution < 1.29 is 36.7 Å².